The zero-order valence-corrected chi connectivity index (χ0v) is 10.8. The van der Waals surface area contributed by atoms with Gasteiger partial charge in [-0.1, -0.05) is 30.5 Å². The number of likely N-dealkylation sites (tertiary alicyclic amines) is 1. The van der Waals surface area contributed by atoms with Gasteiger partial charge in [0, 0.05) is 6.54 Å². The van der Waals surface area contributed by atoms with Crippen molar-refractivity contribution in [2.75, 3.05) is 26.2 Å². The summed E-state index contributed by atoms with van der Waals surface area (Å²) in [6.45, 7) is 6.46. The minimum atomic E-state index is 0.809. The number of benzene rings is 1. The van der Waals surface area contributed by atoms with E-state index in [0.717, 1.165) is 18.9 Å². The second-order valence-electron chi connectivity index (χ2n) is 4.92. The first kappa shape index (κ1) is 12.4. The van der Waals surface area contributed by atoms with Crippen LogP contribution in [0.4, 0.5) is 0 Å². The predicted molar refractivity (Wildman–Crippen MR) is 71.6 cm³/mol. The third-order valence-corrected chi connectivity index (χ3v) is 3.40. The molecule has 0 unspecified atom stereocenters. The Morgan fingerprint density at radius 3 is 2.29 bits per heavy atom. The van der Waals surface area contributed by atoms with Gasteiger partial charge in [-0.3, -0.25) is 4.90 Å². The molecule has 1 aliphatic rings. The molecule has 0 aliphatic carbocycles. The summed E-state index contributed by atoms with van der Waals surface area (Å²) in [7, 11) is 0. The van der Waals surface area contributed by atoms with Gasteiger partial charge in [0.15, 0.2) is 0 Å². The molecule has 0 spiro atoms. The Morgan fingerprint density at radius 2 is 1.65 bits per heavy atom. The van der Waals surface area contributed by atoms with Gasteiger partial charge < -0.3 is 4.74 Å². The van der Waals surface area contributed by atoms with Crippen LogP contribution in [0.5, 0.6) is 5.75 Å². The maximum Gasteiger partial charge on any atom is 0.119 e. The summed E-state index contributed by atoms with van der Waals surface area (Å²) in [5, 5.41) is 0. The zero-order chi connectivity index (χ0) is 11.9. The SMILES string of the molecule is Cc1ccc(OCCN2CCCCCC2)cc1. The summed E-state index contributed by atoms with van der Waals surface area (Å²) in [5.41, 5.74) is 1.28. The molecule has 1 fully saturated rings. The summed E-state index contributed by atoms with van der Waals surface area (Å²) in [6, 6.07) is 8.30. The lowest BCUT2D eigenvalue weighted by atomic mass is 10.2. The van der Waals surface area contributed by atoms with E-state index in [0.29, 0.717) is 0 Å². The van der Waals surface area contributed by atoms with Gasteiger partial charge in [-0.25, -0.2) is 0 Å². The molecular weight excluding hydrogens is 210 g/mol. The second kappa shape index (κ2) is 6.65. The summed E-state index contributed by atoms with van der Waals surface area (Å²) in [6.07, 6.45) is 5.50. The van der Waals surface area contributed by atoms with Crippen molar-refractivity contribution in [3.8, 4) is 5.75 Å². The second-order valence-corrected chi connectivity index (χ2v) is 4.92. The summed E-state index contributed by atoms with van der Waals surface area (Å²) in [5.74, 6) is 0.991. The van der Waals surface area contributed by atoms with Crippen LogP contribution in [0.1, 0.15) is 31.2 Å². The number of hydrogen-bond acceptors (Lipinski definition) is 2. The molecule has 17 heavy (non-hydrogen) atoms. The highest BCUT2D eigenvalue weighted by molar-refractivity contribution is 5.26. The molecule has 0 aromatic heterocycles. The van der Waals surface area contributed by atoms with E-state index in [4.69, 9.17) is 4.74 Å². The van der Waals surface area contributed by atoms with Crippen LogP contribution < -0.4 is 4.74 Å². The van der Waals surface area contributed by atoms with E-state index < -0.39 is 0 Å². The van der Waals surface area contributed by atoms with Crippen LogP contribution in [0.3, 0.4) is 0 Å². The molecule has 0 saturated carbocycles. The van der Waals surface area contributed by atoms with E-state index >= 15 is 0 Å². The normalized spacial score (nSPS) is 17.7. The molecule has 1 aromatic rings. The van der Waals surface area contributed by atoms with E-state index in [1.165, 1.54) is 44.3 Å². The Kier molecular flexibility index (Phi) is 4.87. The molecule has 1 heterocycles. The molecule has 1 aliphatic heterocycles. The third kappa shape index (κ3) is 4.39. The summed E-state index contributed by atoms with van der Waals surface area (Å²) in [4.78, 5) is 2.53. The highest BCUT2D eigenvalue weighted by Gasteiger charge is 2.08. The van der Waals surface area contributed by atoms with E-state index in [1.807, 2.05) is 0 Å². The van der Waals surface area contributed by atoms with E-state index in [2.05, 4.69) is 36.1 Å². The van der Waals surface area contributed by atoms with Crippen LogP contribution in [-0.4, -0.2) is 31.1 Å². The molecule has 0 amide bonds. The van der Waals surface area contributed by atoms with Crippen LogP contribution in [0.25, 0.3) is 0 Å². The van der Waals surface area contributed by atoms with Crippen molar-refractivity contribution in [3.05, 3.63) is 29.8 Å². The number of nitrogens with zero attached hydrogens (tertiary/aromatic N) is 1. The lowest BCUT2D eigenvalue weighted by Crippen LogP contribution is -2.29. The van der Waals surface area contributed by atoms with E-state index in [9.17, 15) is 0 Å². The van der Waals surface area contributed by atoms with Gasteiger partial charge in [-0.2, -0.15) is 0 Å². The molecule has 0 atom stereocenters. The summed E-state index contributed by atoms with van der Waals surface area (Å²) < 4.78 is 5.76. The van der Waals surface area contributed by atoms with Crippen molar-refractivity contribution in [2.24, 2.45) is 0 Å². The zero-order valence-electron chi connectivity index (χ0n) is 10.8. The van der Waals surface area contributed by atoms with Crippen molar-refractivity contribution in [1.82, 2.24) is 4.90 Å². The smallest absolute Gasteiger partial charge is 0.119 e. The number of rotatable bonds is 4. The molecule has 2 heteroatoms. The van der Waals surface area contributed by atoms with Crippen molar-refractivity contribution >= 4 is 0 Å². The summed E-state index contributed by atoms with van der Waals surface area (Å²) >= 11 is 0. The predicted octanol–water partition coefficient (Wildman–Crippen LogP) is 3.25. The molecule has 1 aromatic carbocycles. The maximum atomic E-state index is 5.76. The standard InChI is InChI=1S/C15H23NO/c1-14-6-8-15(9-7-14)17-13-12-16-10-4-2-3-5-11-16/h6-9H,2-5,10-13H2,1H3. The molecule has 94 valence electrons. The van der Waals surface area contributed by atoms with Gasteiger partial charge in [0.25, 0.3) is 0 Å². The van der Waals surface area contributed by atoms with Gasteiger partial charge in [-0.05, 0) is 45.0 Å². The van der Waals surface area contributed by atoms with E-state index in [-0.39, 0.29) is 0 Å². The van der Waals surface area contributed by atoms with Crippen molar-refractivity contribution in [1.29, 1.82) is 0 Å². The minimum Gasteiger partial charge on any atom is -0.492 e. The molecule has 1 saturated heterocycles. The number of aryl methyl sites for hydroxylation is 1. The molecule has 2 nitrogen and oxygen atoms in total. The first-order chi connectivity index (χ1) is 8.34. The van der Waals surface area contributed by atoms with Crippen molar-refractivity contribution < 1.29 is 4.74 Å². The first-order valence-electron chi connectivity index (χ1n) is 6.76. The van der Waals surface area contributed by atoms with Crippen LogP contribution in [0, 0.1) is 6.92 Å². The van der Waals surface area contributed by atoms with Crippen LogP contribution in [-0.2, 0) is 0 Å². The number of hydrogen-bond donors (Lipinski definition) is 0. The van der Waals surface area contributed by atoms with Gasteiger partial charge >= 0.3 is 0 Å². The van der Waals surface area contributed by atoms with Crippen molar-refractivity contribution in [3.63, 3.8) is 0 Å². The molecule has 0 bridgehead atoms. The van der Waals surface area contributed by atoms with Gasteiger partial charge in [-0.15, -0.1) is 0 Å². The average molecular weight is 233 g/mol. The quantitative estimate of drug-likeness (QED) is 0.791. The van der Waals surface area contributed by atoms with E-state index in [1.54, 1.807) is 0 Å². The Bertz CT molecular complexity index is 312. The molecule has 0 N–H and O–H groups in total. The first-order valence-corrected chi connectivity index (χ1v) is 6.76. The molecular formula is C15H23NO. The minimum absolute atomic E-state index is 0.809. The Labute approximate surface area is 105 Å². The lowest BCUT2D eigenvalue weighted by Gasteiger charge is -2.19. The fourth-order valence-electron chi connectivity index (χ4n) is 2.29. The topological polar surface area (TPSA) is 12.5 Å². The van der Waals surface area contributed by atoms with Gasteiger partial charge in [0.2, 0.25) is 0 Å². The largest absolute Gasteiger partial charge is 0.492 e. The Hall–Kier alpha value is -1.02. The Balaban J connectivity index is 1.69. The van der Waals surface area contributed by atoms with Gasteiger partial charge in [0.1, 0.15) is 12.4 Å². The van der Waals surface area contributed by atoms with Crippen LogP contribution >= 0.6 is 0 Å². The highest BCUT2D eigenvalue weighted by Crippen LogP contribution is 2.12. The maximum absolute atomic E-state index is 5.76. The fraction of sp³-hybridized carbons (Fsp3) is 0.600. The number of ether oxygens (including phenoxy) is 1. The fourth-order valence-corrected chi connectivity index (χ4v) is 2.29. The average Bonchev–Trinajstić information content (AvgIpc) is 2.60. The Morgan fingerprint density at radius 1 is 1.00 bits per heavy atom. The monoisotopic (exact) mass is 233 g/mol. The van der Waals surface area contributed by atoms with Crippen molar-refractivity contribution in [2.45, 2.75) is 32.6 Å². The lowest BCUT2D eigenvalue weighted by molar-refractivity contribution is 0.214. The molecule has 2 rings (SSSR count). The van der Waals surface area contributed by atoms with Crippen LogP contribution in [0.15, 0.2) is 24.3 Å². The van der Waals surface area contributed by atoms with Gasteiger partial charge in [0.05, 0.1) is 0 Å². The third-order valence-electron chi connectivity index (χ3n) is 3.40. The molecule has 0 radical (unpaired) electrons. The van der Waals surface area contributed by atoms with Crippen LogP contribution in [0.2, 0.25) is 0 Å². The highest BCUT2D eigenvalue weighted by atomic mass is 16.5.